The Hall–Kier alpha value is -3.70. The molecule has 0 spiro atoms. The second-order valence-electron chi connectivity index (χ2n) is 10.3. The number of nitrogens with two attached hydrogens (primary N) is 1. The lowest BCUT2D eigenvalue weighted by Crippen LogP contribution is -2.58. The summed E-state index contributed by atoms with van der Waals surface area (Å²) in [6.45, 7) is 2.59. The van der Waals surface area contributed by atoms with Crippen molar-refractivity contribution in [3.05, 3.63) is 40.2 Å². The smallest absolute Gasteiger partial charge is 0.255 e. The predicted molar refractivity (Wildman–Crippen MR) is 130 cm³/mol. The van der Waals surface area contributed by atoms with Crippen LogP contribution in [0.25, 0.3) is 5.76 Å². The Morgan fingerprint density at radius 3 is 2.49 bits per heavy atom. The lowest BCUT2D eigenvalue weighted by atomic mass is 9.59. The zero-order valence-electron chi connectivity index (χ0n) is 20.1. The zero-order chi connectivity index (χ0) is 26.6. The first-order valence-corrected chi connectivity index (χ1v) is 12.4. The molecule has 5 rings (SSSR count). The minimum Gasteiger partial charge on any atom is -0.508 e. The van der Waals surface area contributed by atoms with Crippen molar-refractivity contribution in [2.24, 2.45) is 17.6 Å². The van der Waals surface area contributed by atoms with Crippen molar-refractivity contribution in [3.8, 4) is 5.75 Å². The number of amides is 2. The molecule has 0 radical (unpaired) electrons. The molecule has 3 atom stereocenters. The summed E-state index contributed by atoms with van der Waals surface area (Å²) >= 11 is 0. The van der Waals surface area contributed by atoms with Gasteiger partial charge in [-0.05, 0) is 56.3 Å². The van der Waals surface area contributed by atoms with E-state index in [9.17, 15) is 39.6 Å². The van der Waals surface area contributed by atoms with Gasteiger partial charge in [0.05, 0.1) is 5.56 Å². The van der Waals surface area contributed by atoms with Gasteiger partial charge in [0.25, 0.3) is 5.91 Å². The molecule has 196 valence electrons. The number of benzene rings is 1. The minimum absolute atomic E-state index is 0.0119. The van der Waals surface area contributed by atoms with E-state index in [2.05, 4.69) is 10.2 Å². The fourth-order valence-electron chi connectivity index (χ4n) is 6.21. The molecule has 11 nitrogen and oxygen atoms in total. The molecule has 1 saturated carbocycles. The summed E-state index contributed by atoms with van der Waals surface area (Å²) in [5.41, 5.74) is 2.39. The van der Waals surface area contributed by atoms with Gasteiger partial charge in [-0.2, -0.15) is 0 Å². The number of aromatic hydroxyl groups is 1. The van der Waals surface area contributed by atoms with Crippen LogP contribution >= 0.6 is 0 Å². The van der Waals surface area contributed by atoms with Gasteiger partial charge < -0.3 is 36.4 Å². The highest BCUT2D eigenvalue weighted by atomic mass is 16.3. The standard InChI is InChI=1S/C26H29N3O8/c27-25(36)21-16(30)10-14-8-12-7-13-9-15(28-18(32)3-6-29-4-1-2-5-29)11-17(31)19(13)22(33)20(12)23(34)26(14,37)24(21)35/h9,11-12,14,31,33,35,37H,1-8,10H2,(H2,27,36)(H,28,32)/t12?,14-,26-/m0/s1. The number of fused-ring (bicyclic) bond motifs is 3. The van der Waals surface area contributed by atoms with Crippen LogP contribution in [0.4, 0.5) is 5.69 Å². The number of phenolic OH excluding ortho intramolecular Hbond substituents is 1. The van der Waals surface area contributed by atoms with Crippen LogP contribution in [-0.2, 0) is 25.6 Å². The fourth-order valence-corrected chi connectivity index (χ4v) is 6.21. The summed E-state index contributed by atoms with van der Waals surface area (Å²) in [4.78, 5) is 52.3. The maximum Gasteiger partial charge on any atom is 0.255 e. The van der Waals surface area contributed by atoms with Crippen molar-refractivity contribution in [3.63, 3.8) is 0 Å². The van der Waals surface area contributed by atoms with Gasteiger partial charge in [0, 0.05) is 42.6 Å². The highest BCUT2D eigenvalue weighted by molar-refractivity contribution is 6.22. The third-order valence-corrected chi connectivity index (χ3v) is 8.01. The number of ketones is 2. The van der Waals surface area contributed by atoms with Gasteiger partial charge in [-0.15, -0.1) is 0 Å². The summed E-state index contributed by atoms with van der Waals surface area (Å²) < 4.78 is 0. The number of hydrogen-bond donors (Lipinski definition) is 6. The van der Waals surface area contributed by atoms with Gasteiger partial charge in [-0.25, -0.2) is 0 Å². The highest BCUT2D eigenvalue weighted by Gasteiger charge is 2.60. The van der Waals surface area contributed by atoms with Crippen LogP contribution in [0.3, 0.4) is 0 Å². The number of aliphatic hydroxyl groups excluding tert-OH is 2. The van der Waals surface area contributed by atoms with E-state index >= 15 is 0 Å². The number of primary amides is 1. The number of Topliss-reactive ketones (excluding diaryl/α,β-unsaturated/α-hetero) is 2. The number of hydrogen-bond acceptors (Lipinski definition) is 9. The number of carbonyl (C=O) groups excluding carboxylic acids is 4. The molecule has 1 heterocycles. The van der Waals surface area contributed by atoms with Crippen LogP contribution in [0.5, 0.6) is 5.75 Å². The van der Waals surface area contributed by atoms with Crippen LogP contribution in [0.1, 0.15) is 43.2 Å². The van der Waals surface area contributed by atoms with Crippen LogP contribution < -0.4 is 11.1 Å². The van der Waals surface area contributed by atoms with Gasteiger partial charge in [0.15, 0.2) is 11.4 Å². The second-order valence-corrected chi connectivity index (χ2v) is 10.3. The summed E-state index contributed by atoms with van der Waals surface area (Å²) in [5, 5.41) is 46.3. The van der Waals surface area contributed by atoms with E-state index < -0.39 is 52.0 Å². The van der Waals surface area contributed by atoms with Crippen LogP contribution in [0, 0.1) is 11.8 Å². The van der Waals surface area contributed by atoms with E-state index in [1.165, 1.54) is 6.07 Å². The number of rotatable bonds is 5. The highest BCUT2D eigenvalue weighted by Crippen LogP contribution is 2.52. The van der Waals surface area contributed by atoms with Gasteiger partial charge in [-0.3, -0.25) is 19.2 Å². The van der Waals surface area contributed by atoms with Crippen molar-refractivity contribution >= 4 is 34.8 Å². The molecular weight excluding hydrogens is 482 g/mol. The molecule has 11 heteroatoms. The summed E-state index contributed by atoms with van der Waals surface area (Å²) in [7, 11) is 0. The first-order valence-electron chi connectivity index (χ1n) is 12.4. The second kappa shape index (κ2) is 9.00. The molecule has 2 fully saturated rings. The fraction of sp³-hybridized carbons (Fsp3) is 0.462. The molecule has 7 N–H and O–H groups in total. The number of aliphatic hydroxyl groups is 3. The lowest BCUT2D eigenvalue weighted by molar-refractivity contribution is -0.147. The maximum atomic E-state index is 13.5. The summed E-state index contributed by atoms with van der Waals surface area (Å²) in [5.74, 6) is -6.96. The molecule has 4 aliphatic rings. The number of anilines is 1. The van der Waals surface area contributed by atoms with Crippen LogP contribution in [0.15, 0.2) is 29.0 Å². The molecule has 1 saturated heterocycles. The number of carbonyl (C=O) groups is 4. The molecule has 2 amide bonds. The van der Waals surface area contributed by atoms with Crippen molar-refractivity contribution in [1.82, 2.24) is 4.90 Å². The van der Waals surface area contributed by atoms with Crippen molar-refractivity contribution < 1.29 is 39.6 Å². The number of nitrogens with zero attached hydrogens (tertiary/aromatic N) is 1. The molecule has 1 aliphatic heterocycles. The van der Waals surface area contributed by atoms with Crippen LogP contribution in [0.2, 0.25) is 0 Å². The monoisotopic (exact) mass is 511 g/mol. The molecular formula is C26H29N3O8. The Balaban J connectivity index is 1.45. The molecule has 1 unspecified atom stereocenters. The van der Waals surface area contributed by atoms with Crippen molar-refractivity contribution in [2.45, 2.75) is 44.1 Å². The average Bonchev–Trinajstić information content (AvgIpc) is 3.33. The molecule has 1 aromatic rings. The van der Waals surface area contributed by atoms with Crippen molar-refractivity contribution in [1.29, 1.82) is 0 Å². The Morgan fingerprint density at radius 2 is 1.81 bits per heavy atom. The average molecular weight is 512 g/mol. The normalized spacial score (nSPS) is 27.6. The zero-order valence-corrected chi connectivity index (χ0v) is 20.1. The third kappa shape index (κ3) is 3.98. The largest absolute Gasteiger partial charge is 0.508 e. The Kier molecular flexibility index (Phi) is 6.07. The molecule has 1 aromatic carbocycles. The lowest BCUT2D eigenvalue weighted by Gasteiger charge is -2.46. The van der Waals surface area contributed by atoms with Crippen molar-refractivity contribution in [2.75, 3.05) is 25.0 Å². The van der Waals surface area contributed by atoms with Gasteiger partial charge in [-0.1, -0.05) is 0 Å². The minimum atomic E-state index is -2.59. The molecule has 0 bridgehead atoms. The first kappa shape index (κ1) is 25.0. The first-order chi connectivity index (χ1) is 17.5. The maximum absolute atomic E-state index is 13.5. The number of nitrogens with one attached hydrogen (secondary N) is 1. The Morgan fingerprint density at radius 1 is 1.11 bits per heavy atom. The third-order valence-electron chi connectivity index (χ3n) is 8.01. The summed E-state index contributed by atoms with van der Waals surface area (Å²) in [6.07, 6.45) is 2.40. The van der Waals surface area contributed by atoms with E-state index in [0.29, 0.717) is 24.2 Å². The van der Waals surface area contributed by atoms with Gasteiger partial charge in [0.1, 0.15) is 22.8 Å². The van der Waals surface area contributed by atoms with Gasteiger partial charge in [0.2, 0.25) is 11.7 Å². The van der Waals surface area contributed by atoms with E-state index in [4.69, 9.17) is 5.73 Å². The number of likely N-dealkylation sites (tertiary alicyclic amines) is 1. The Labute approximate surface area is 212 Å². The van der Waals surface area contributed by atoms with E-state index in [0.717, 1.165) is 25.9 Å². The Bertz CT molecular complexity index is 1290. The van der Waals surface area contributed by atoms with E-state index in [-0.39, 0.29) is 42.1 Å². The van der Waals surface area contributed by atoms with E-state index in [1.54, 1.807) is 6.07 Å². The molecule has 37 heavy (non-hydrogen) atoms. The topological polar surface area (TPSA) is 190 Å². The number of phenols is 1. The molecule has 0 aromatic heterocycles. The SMILES string of the molecule is NC(=O)C1=C(O)[C@@]2(O)C(=O)C3=C(O)c4c(O)cc(NC(=O)CCN5CCCC5)cc4CC3C[C@H]2CC1=O. The van der Waals surface area contributed by atoms with Gasteiger partial charge >= 0.3 is 0 Å². The predicted octanol–water partition coefficient (Wildman–Crippen LogP) is 0.848. The molecule has 3 aliphatic carbocycles. The van der Waals surface area contributed by atoms with Crippen LogP contribution in [-0.4, -0.2) is 73.9 Å². The van der Waals surface area contributed by atoms with E-state index in [1.807, 2.05) is 0 Å². The summed E-state index contributed by atoms with van der Waals surface area (Å²) in [6, 6.07) is 2.89. The quantitative estimate of drug-likeness (QED) is 0.311.